The van der Waals surface area contributed by atoms with Gasteiger partial charge >= 0.3 is 0 Å². The number of carbonyl (C=O) groups is 2. The summed E-state index contributed by atoms with van der Waals surface area (Å²) in [6.45, 7) is 0.136. The molecule has 27 heavy (non-hydrogen) atoms. The van der Waals surface area contributed by atoms with Gasteiger partial charge in [0, 0.05) is 35.3 Å². The fraction of sp³-hybridized carbons (Fsp3) is 0.263. The Balaban J connectivity index is 2.06. The van der Waals surface area contributed by atoms with E-state index in [2.05, 4.69) is 5.32 Å². The molecule has 8 heteroatoms. The van der Waals surface area contributed by atoms with E-state index in [4.69, 9.17) is 32.7 Å². The summed E-state index contributed by atoms with van der Waals surface area (Å²) >= 11 is 12.0. The number of hydrogen-bond acceptors (Lipinski definition) is 4. The van der Waals surface area contributed by atoms with Crippen LogP contribution in [0.4, 0.5) is 0 Å². The highest BCUT2D eigenvalue weighted by Gasteiger charge is 2.13. The highest BCUT2D eigenvalue weighted by atomic mass is 35.5. The zero-order valence-electron chi connectivity index (χ0n) is 15.2. The SMILES string of the molecule is COc1cc(C(=O)NCC(=O)N(C)C)ccc1OCc1ccc(Cl)cc1Cl. The minimum atomic E-state index is -0.379. The molecule has 0 spiro atoms. The molecule has 1 N–H and O–H groups in total. The minimum absolute atomic E-state index is 0.0819. The molecule has 0 radical (unpaired) electrons. The Morgan fingerprint density at radius 2 is 1.81 bits per heavy atom. The molecule has 0 saturated heterocycles. The standard InChI is InChI=1S/C19H20Cl2N2O4/c1-23(2)18(24)10-22-19(25)12-5-7-16(17(8-12)26-3)27-11-13-4-6-14(20)9-15(13)21/h4-9H,10-11H2,1-3H3,(H,22,25). The third kappa shape index (κ3) is 5.77. The summed E-state index contributed by atoms with van der Waals surface area (Å²) in [6, 6.07) is 9.92. The van der Waals surface area contributed by atoms with Crippen LogP contribution >= 0.6 is 23.2 Å². The van der Waals surface area contributed by atoms with Crippen LogP contribution in [0.2, 0.25) is 10.0 Å². The van der Waals surface area contributed by atoms with Gasteiger partial charge < -0.3 is 19.7 Å². The number of rotatable bonds is 7. The van der Waals surface area contributed by atoms with Crippen molar-refractivity contribution in [1.29, 1.82) is 0 Å². The molecule has 0 bridgehead atoms. The van der Waals surface area contributed by atoms with Crippen LogP contribution in [0.3, 0.4) is 0 Å². The fourth-order valence-electron chi connectivity index (χ4n) is 2.14. The van der Waals surface area contributed by atoms with Crippen molar-refractivity contribution < 1.29 is 19.1 Å². The van der Waals surface area contributed by atoms with Gasteiger partial charge in [0.25, 0.3) is 5.91 Å². The predicted molar refractivity (Wildman–Crippen MR) is 105 cm³/mol. The zero-order chi connectivity index (χ0) is 20.0. The van der Waals surface area contributed by atoms with Crippen LogP contribution in [0.25, 0.3) is 0 Å². The number of likely N-dealkylation sites (N-methyl/N-ethyl adjacent to an activating group) is 1. The minimum Gasteiger partial charge on any atom is -0.493 e. The molecule has 0 aliphatic carbocycles. The van der Waals surface area contributed by atoms with E-state index >= 15 is 0 Å². The Morgan fingerprint density at radius 1 is 1.07 bits per heavy atom. The van der Waals surface area contributed by atoms with Crippen LogP contribution in [0, 0.1) is 0 Å². The number of nitrogens with zero attached hydrogens (tertiary/aromatic N) is 1. The molecular formula is C19H20Cl2N2O4. The van der Waals surface area contributed by atoms with Gasteiger partial charge in [0.15, 0.2) is 11.5 Å². The average molecular weight is 411 g/mol. The van der Waals surface area contributed by atoms with Crippen LogP contribution in [-0.2, 0) is 11.4 Å². The molecule has 0 heterocycles. The third-order valence-corrected chi connectivity index (χ3v) is 4.31. The molecule has 0 aliphatic rings. The van der Waals surface area contributed by atoms with Gasteiger partial charge in [-0.25, -0.2) is 0 Å². The van der Waals surface area contributed by atoms with E-state index in [0.29, 0.717) is 27.1 Å². The molecule has 6 nitrogen and oxygen atoms in total. The van der Waals surface area contributed by atoms with Crippen molar-refractivity contribution in [2.45, 2.75) is 6.61 Å². The third-order valence-electron chi connectivity index (χ3n) is 3.72. The van der Waals surface area contributed by atoms with E-state index < -0.39 is 0 Å². The number of amides is 2. The van der Waals surface area contributed by atoms with Crippen molar-refractivity contribution in [2.24, 2.45) is 0 Å². The van der Waals surface area contributed by atoms with Gasteiger partial charge in [0.1, 0.15) is 6.61 Å². The van der Waals surface area contributed by atoms with Crippen LogP contribution in [0.1, 0.15) is 15.9 Å². The normalized spacial score (nSPS) is 10.3. The quantitative estimate of drug-likeness (QED) is 0.759. The average Bonchev–Trinajstić information content (AvgIpc) is 2.64. The maximum Gasteiger partial charge on any atom is 0.251 e. The first-order chi connectivity index (χ1) is 12.8. The molecule has 0 aromatic heterocycles. The summed E-state index contributed by atoms with van der Waals surface area (Å²) in [7, 11) is 4.72. The first-order valence-corrected chi connectivity index (χ1v) is 8.80. The number of hydrogen-bond donors (Lipinski definition) is 1. The lowest BCUT2D eigenvalue weighted by atomic mass is 10.2. The van der Waals surface area contributed by atoms with Gasteiger partial charge in [-0.1, -0.05) is 29.3 Å². The highest BCUT2D eigenvalue weighted by molar-refractivity contribution is 6.35. The number of ether oxygens (including phenoxy) is 2. The molecular weight excluding hydrogens is 391 g/mol. The highest BCUT2D eigenvalue weighted by Crippen LogP contribution is 2.30. The molecule has 0 saturated carbocycles. The van der Waals surface area contributed by atoms with Gasteiger partial charge in [0.05, 0.1) is 13.7 Å². The first-order valence-electron chi connectivity index (χ1n) is 8.05. The number of methoxy groups -OCH3 is 1. The summed E-state index contributed by atoms with van der Waals surface area (Å²) in [6.07, 6.45) is 0. The van der Waals surface area contributed by atoms with Gasteiger partial charge in [-0.05, 0) is 30.3 Å². The van der Waals surface area contributed by atoms with Gasteiger partial charge in [-0.2, -0.15) is 0 Å². The number of halogens is 2. The lowest BCUT2D eigenvalue weighted by molar-refractivity contribution is -0.127. The number of benzene rings is 2. The molecule has 0 aliphatic heterocycles. The monoisotopic (exact) mass is 410 g/mol. The van der Waals surface area contributed by atoms with Crippen LogP contribution in [0.15, 0.2) is 36.4 Å². The van der Waals surface area contributed by atoms with Gasteiger partial charge in [0.2, 0.25) is 5.91 Å². The summed E-state index contributed by atoms with van der Waals surface area (Å²) in [5.41, 5.74) is 1.13. The Hall–Kier alpha value is -2.44. The maximum atomic E-state index is 12.2. The van der Waals surface area contributed by atoms with E-state index in [-0.39, 0.29) is 25.0 Å². The second kappa shape index (κ2) is 9.48. The van der Waals surface area contributed by atoms with Crippen molar-refractivity contribution in [2.75, 3.05) is 27.7 Å². The molecule has 144 valence electrons. The summed E-state index contributed by atoms with van der Waals surface area (Å²) in [4.78, 5) is 25.2. The summed E-state index contributed by atoms with van der Waals surface area (Å²) < 4.78 is 11.1. The maximum absolute atomic E-state index is 12.2. The summed E-state index contributed by atoms with van der Waals surface area (Å²) in [5.74, 6) is 0.280. The lowest BCUT2D eigenvalue weighted by Crippen LogP contribution is -2.36. The number of carbonyl (C=O) groups excluding carboxylic acids is 2. The van der Waals surface area contributed by atoms with Gasteiger partial charge in [-0.3, -0.25) is 9.59 Å². The van der Waals surface area contributed by atoms with E-state index in [0.717, 1.165) is 5.56 Å². The molecule has 2 aromatic rings. The summed E-state index contributed by atoms with van der Waals surface area (Å²) in [5, 5.41) is 3.61. The molecule has 2 amide bonds. The second-order valence-corrected chi connectivity index (χ2v) is 6.70. The van der Waals surface area contributed by atoms with Crippen molar-refractivity contribution >= 4 is 35.0 Å². The molecule has 0 unspecified atom stereocenters. The van der Waals surface area contributed by atoms with Crippen LogP contribution in [-0.4, -0.2) is 44.5 Å². The van der Waals surface area contributed by atoms with Crippen molar-refractivity contribution in [3.05, 3.63) is 57.6 Å². The molecule has 2 aromatic carbocycles. The lowest BCUT2D eigenvalue weighted by Gasteiger charge is -2.14. The smallest absolute Gasteiger partial charge is 0.251 e. The Kier molecular flexibility index (Phi) is 7.33. The Morgan fingerprint density at radius 3 is 2.44 bits per heavy atom. The largest absolute Gasteiger partial charge is 0.493 e. The zero-order valence-corrected chi connectivity index (χ0v) is 16.7. The van der Waals surface area contributed by atoms with Crippen molar-refractivity contribution in [1.82, 2.24) is 10.2 Å². The Bertz CT molecular complexity index is 840. The molecule has 0 atom stereocenters. The van der Waals surface area contributed by atoms with E-state index in [1.165, 1.54) is 12.0 Å². The van der Waals surface area contributed by atoms with E-state index in [1.54, 1.807) is 50.5 Å². The molecule has 0 fully saturated rings. The van der Waals surface area contributed by atoms with Gasteiger partial charge in [-0.15, -0.1) is 0 Å². The van der Waals surface area contributed by atoms with Crippen molar-refractivity contribution in [3.8, 4) is 11.5 Å². The predicted octanol–water partition coefficient (Wildman–Crippen LogP) is 3.40. The topological polar surface area (TPSA) is 67.9 Å². The first kappa shape index (κ1) is 20.9. The molecule has 2 rings (SSSR count). The number of nitrogens with one attached hydrogen (secondary N) is 1. The second-order valence-electron chi connectivity index (χ2n) is 5.86. The van der Waals surface area contributed by atoms with Crippen molar-refractivity contribution in [3.63, 3.8) is 0 Å². The Labute approximate surface area is 168 Å². The fourth-order valence-corrected chi connectivity index (χ4v) is 2.60. The van der Waals surface area contributed by atoms with Crippen LogP contribution < -0.4 is 14.8 Å². The van der Waals surface area contributed by atoms with E-state index in [9.17, 15) is 9.59 Å². The van der Waals surface area contributed by atoms with E-state index in [1.807, 2.05) is 0 Å². The van der Waals surface area contributed by atoms with Crippen LogP contribution in [0.5, 0.6) is 11.5 Å².